The average molecular weight is 304 g/mol. The lowest BCUT2D eigenvalue weighted by Gasteiger charge is -2.27. The molecule has 0 saturated carbocycles. The number of hydrogen-bond acceptors (Lipinski definition) is 3. The molecule has 0 aromatic heterocycles. The number of carbonyl (C=O) groups excluding carboxylic acids is 1. The molecule has 0 amide bonds. The second-order valence-corrected chi connectivity index (χ2v) is 6.01. The molecule has 0 fully saturated rings. The Morgan fingerprint density at radius 2 is 2.00 bits per heavy atom. The number of ketones is 1. The number of halogens is 2. The Balaban J connectivity index is 2.77. The van der Waals surface area contributed by atoms with Gasteiger partial charge in [0, 0.05) is 17.1 Å². The number of benzene rings is 1. The van der Waals surface area contributed by atoms with Crippen molar-refractivity contribution in [3.05, 3.63) is 33.8 Å². The van der Waals surface area contributed by atoms with Gasteiger partial charge < -0.3 is 5.11 Å². The Morgan fingerprint density at radius 3 is 2.47 bits per heavy atom. The van der Waals surface area contributed by atoms with Crippen LogP contribution in [0.25, 0.3) is 0 Å². The van der Waals surface area contributed by atoms with Gasteiger partial charge in [-0.2, -0.15) is 0 Å². The van der Waals surface area contributed by atoms with Crippen LogP contribution in [0.15, 0.2) is 18.2 Å². The summed E-state index contributed by atoms with van der Waals surface area (Å²) in [4.78, 5) is 14.1. The topological polar surface area (TPSA) is 40.5 Å². The Kier molecular flexibility index (Phi) is 5.81. The smallest absolute Gasteiger partial charge is 0.178 e. The lowest BCUT2D eigenvalue weighted by Crippen LogP contribution is -2.41. The van der Waals surface area contributed by atoms with Gasteiger partial charge >= 0.3 is 0 Å². The van der Waals surface area contributed by atoms with Gasteiger partial charge in [0.2, 0.25) is 0 Å². The fourth-order valence-electron chi connectivity index (χ4n) is 1.83. The van der Waals surface area contributed by atoms with Crippen molar-refractivity contribution < 1.29 is 9.90 Å². The molecule has 1 rings (SSSR count). The van der Waals surface area contributed by atoms with E-state index in [9.17, 15) is 9.90 Å². The van der Waals surface area contributed by atoms with Gasteiger partial charge in [0.25, 0.3) is 0 Å². The highest BCUT2D eigenvalue weighted by atomic mass is 35.5. The first kappa shape index (κ1) is 16.4. The summed E-state index contributed by atoms with van der Waals surface area (Å²) in [5, 5.41) is 10.7. The van der Waals surface area contributed by atoms with Crippen LogP contribution in [0, 0.1) is 0 Å². The molecule has 106 valence electrons. The standard InChI is InChI=1S/C14H19Cl2NO2/c1-4-17(9-14(2,3)19)8-13(18)11-6-5-10(15)7-12(11)16/h5-7,19H,4,8-9H2,1-3H3. The zero-order valence-corrected chi connectivity index (χ0v) is 12.9. The molecule has 0 atom stereocenters. The fraction of sp³-hybridized carbons (Fsp3) is 0.500. The third-order valence-electron chi connectivity index (χ3n) is 2.66. The minimum Gasteiger partial charge on any atom is -0.389 e. The highest BCUT2D eigenvalue weighted by Crippen LogP contribution is 2.21. The van der Waals surface area contributed by atoms with Gasteiger partial charge in [-0.1, -0.05) is 30.1 Å². The van der Waals surface area contributed by atoms with Crippen LogP contribution < -0.4 is 0 Å². The summed E-state index contributed by atoms with van der Waals surface area (Å²) in [7, 11) is 0. The van der Waals surface area contributed by atoms with Gasteiger partial charge in [0.15, 0.2) is 5.78 Å². The number of Topliss-reactive ketones (excluding diaryl/α,β-unsaturated/α-hetero) is 1. The van der Waals surface area contributed by atoms with Crippen LogP contribution >= 0.6 is 23.2 Å². The molecule has 1 N–H and O–H groups in total. The fourth-order valence-corrected chi connectivity index (χ4v) is 2.34. The SMILES string of the molecule is CCN(CC(=O)c1ccc(Cl)cc1Cl)CC(C)(C)O. The van der Waals surface area contributed by atoms with Gasteiger partial charge in [-0.25, -0.2) is 0 Å². The molecule has 1 aromatic rings. The van der Waals surface area contributed by atoms with E-state index in [0.29, 0.717) is 28.7 Å². The zero-order valence-electron chi connectivity index (χ0n) is 11.4. The number of likely N-dealkylation sites (N-methyl/N-ethyl adjacent to an activating group) is 1. The lowest BCUT2D eigenvalue weighted by molar-refractivity contribution is 0.0376. The number of rotatable bonds is 6. The molecule has 0 aliphatic rings. The molecule has 19 heavy (non-hydrogen) atoms. The van der Waals surface area contributed by atoms with Crippen molar-refractivity contribution in [2.75, 3.05) is 19.6 Å². The molecule has 0 aliphatic carbocycles. The van der Waals surface area contributed by atoms with E-state index in [-0.39, 0.29) is 12.3 Å². The zero-order chi connectivity index (χ0) is 14.6. The molecule has 0 heterocycles. The van der Waals surface area contributed by atoms with E-state index >= 15 is 0 Å². The molecule has 5 heteroatoms. The van der Waals surface area contributed by atoms with Crippen molar-refractivity contribution in [2.45, 2.75) is 26.4 Å². The minimum atomic E-state index is -0.833. The van der Waals surface area contributed by atoms with E-state index in [0.717, 1.165) is 0 Å². The summed E-state index contributed by atoms with van der Waals surface area (Å²) < 4.78 is 0. The Hall–Kier alpha value is -0.610. The first-order valence-electron chi connectivity index (χ1n) is 6.16. The Labute approximate surface area is 124 Å². The van der Waals surface area contributed by atoms with E-state index < -0.39 is 5.60 Å². The van der Waals surface area contributed by atoms with Crippen molar-refractivity contribution in [1.29, 1.82) is 0 Å². The van der Waals surface area contributed by atoms with Crippen molar-refractivity contribution in [2.24, 2.45) is 0 Å². The average Bonchev–Trinajstić information content (AvgIpc) is 2.25. The monoisotopic (exact) mass is 303 g/mol. The minimum absolute atomic E-state index is 0.0761. The van der Waals surface area contributed by atoms with Crippen molar-refractivity contribution in [1.82, 2.24) is 4.90 Å². The summed E-state index contributed by atoms with van der Waals surface area (Å²) in [6.45, 7) is 6.72. The van der Waals surface area contributed by atoms with E-state index in [2.05, 4.69) is 0 Å². The molecular weight excluding hydrogens is 285 g/mol. The molecule has 1 aromatic carbocycles. The molecular formula is C14H19Cl2NO2. The number of carbonyl (C=O) groups is 1. The Morgan fingerprint density at radius 1 is 1.37 bits per heavy atom. The van der Waals surface area contributed by atoms with E-state index in [1.54, 1.807) is 32.0 Å². The molecule has 3 nitrogen and oxygen atoms in total. The van der Waals surface area contributed by atoms with Crippen molar-refractivity contribution in [3.8, 4) is 0 Å². The molecule has 0 aliphatic heterocycles. The first-order chi connectivity index (χ1) is 8.73. The number of nitrogens with zero attached hydrogens (tertiary/aromatic N) is 1. The Bertz CT molecular complexity index is 455. The summed E-state index contributed by atoms with van der Waals surface area (Å²) in [5.74, 6) is -0.0761. The summed E-state index contributed by atoms with van der Waals surface area (Å²) >= 11 is 11.8. The quantitative estimate of drug-likeness (QED) is 0.820. The van der Waals surface area contributed by atoms with Crippen LogP contribution in [-0.4, -0.2) is 41.0 Å². The second-order valence-electron chi connectivity index (χ2n) is 5.16. The highest BCUT2D eigenvalue weighted by molar-refractivity contribution is 6.36. The molecule has 0 radical (unpaired) electrons. The second kappa shape index (κ2) is 6.71. The normalized spacial score (nSPS) is 11.9. The van der Waals surface area contributed by atoms with Gasteiger partial charge in [-0.05, 0) is 38.6 Å². The van der Waals surface area contributed by atoms with Crippen LogP contribution in [0.3, 0.4) is 0 Å². The molecule has 0 bridgehead atoms. The van der Waals surface area contributed by atoms with Crippen LogP contribution in [0.4, 0.5) is 0 Å². The predicted octanol–water partition coefficient (Wildman–Crippen LogP) is 3.27. The highest BCUT2D eigenvalue weighted by Gasteiger charge is 2.20. The van der Waals surface area contributed by atoms with Gasteiger partial charge in [0.05, 0.1) is 17.2 Å². The largest absolute Gasteiger partial charge is 0.389 e. The third-order valence-corrected chi connectivity index (χ3v) is 3.20. The van der Waals surface area contributed by atoms with E-state index in [1.807, 2.05) is 11.8 Å². The van der Waals surface area contributed by atoms with Crippen LogP contribution in [-0.2, 0) is 0 Å². The van der Waals surface area contributed by atoms with E-state index in [4.69, 9.17) is 23.2 Å². The van der Waals surface area contributed by atoms with E-state index in [1.165, 1.54) is 0 Å². The molecule has 0 unspecified atom stereocenters. The van der Waals surface area contributed by atoms with Crippen LogP contribution in [0.5, 0.6) is 0 Å². The van der Waals surface area contributed by atoms with Gasteiger partial charge in [-0.3, -0.25) is 9.69 Å². The van der Waals surface area contributed by atoms with Crippen molar-refractivity contribution in [3.63, 3.8) is 0 Å². The van der Waals surface area contributed by atoms with Gasteiger partial charge in [0.1, 0.15) is 0 Å². The molecule has 0 spiro atoms. The lowest BCUT2D eigenvalue weighted by atomic mass is 10.1. The number of aliphatic hydroxyl groups is 1. The summed E-state index contributed by atoms with van der Waals surface area (Å²) in [6, 6.07) is 4.83. The van der Waals surface area contributed by atoms with Crippen LogP contribution in [0.2, 0.25) is 10.0 Å². The van der Waals surface area contributed by atoms with Crippen LogP contribution in [0.1, 0.15) is 31.1 Å². The maximum Gasteiger partial charge on any atom is 0.178 e. The molecule has 0 saturated heterocycles. The third kappa shape index (κ3) is 5.49. The summed E-state index contributed by atoms with van der Waals surface area (Å²) in [6.07, 6.45) is 0. The van der Waals surface area contributed by atoms with Gasteiger partial charge in [-0.15, -0.1) is 0 Å². The number of hydrogen-bond donors (Lipinski definition) is 1. The first-order valence-corrected chi connectivity index (χ1v) is 6.91. The predicted molar refractivity (Wildman–Crippen MR) is 79.2 cm³/mol. The maximum atomic E-state index is 12.2. The summed E-state index contributed by atoms with van der Waals surface area (Å²) in [5.41, 5.74) is -0.375. The van der Waals surface area contributed by atoms with Crippen molar-refractivity contribution >= 4 is 29.0 Å². The maximum absolute atomic E-state index is 12.2.